The standard InChI is InChI=1S/C22H23NO4/c1-22(2)18-11-7-8-12-19(18)23(3)20(22)13-16(24)14-27-21(25)15-26-17-9-5-4-6-10-17/h4-13H,14-15H2,1-3H3. The molecule has 140 valence electrons. The average Bonchev–Trinajstić information content (AvgIpc) is 2.87. The molecule has 0 saturated heterocycles. The van der Waals surface area contributed by atoms with Crippen molar-refractivity contribution in [1.29, 1.82) is 0 Å². The molecule has 0 aromatic heterocycles. The number of hydrogen-bond donors (Lipinski definition) is 0. The van der Waals surface area contributed by atoms with Crippen LogP contribution in [0.25, 0.3) is 0 Å². The second kappa shape index (κ2) is 7.66. The monoisotopic (exact) mass is 365 g/mol. The van der Waals surface area contributed by atoms with Crippen molar-refractivity contribution < 1.29 is 19.1 Å². The molecule has 0 saturated carbocycles. The zero-order valence-corrected chi connectivity index (χ0v) is 15.8. The van der Waals surface area contributed by atoms with Gasteiger partial charge in [0.15, 0.2) is 19.0 Å². The van der Waals surface area contributed by atoms with Crippen molar-refractivity contribution in [2.45, 2.75) is 19.3 Å². The van der Waals surface area contributed by atoms with Crippen molar-refractivity contribution in [1.82, 2.24) is 0 Å². The van der Waals surface area contributed by atoms with Gasteiger partial charge in [-0.25, -0.2) is 4.79 Å². The molecule has 0 bridgehead atoms. The van der Waals surface area contributed by atoms with Crippen LogP contribution in [-0.2, 0) is 19.7 Å². The molecule has 0 N–H and O–H groups in total. The molecular weight excluding hydrogens is 342 g/mol. The summed E-state index contributed by atoms with van der Waals surface area (Å²) in [6.07, 6.45) is 1.56. The Hall–Kier alpha value is -3.08. The molecular formula is C22H23NO4. The Balaban J connectivity index is 1.58. The highest BCUT2D eigenvalue weighted by Crippen LogP contribution is 2.46. The van der Waals surface area contributed by atoms with E-state index in [-0.39, 0.29) is 24.4 Å². The smallest absolute Gasteiger partial charge is 0.344 e. The highest BCUT2D eigenvalue weighted by molar-refractivity contribution is 5.94. The summed E-state index contributed by atoms with van der Waals surface area (Å²) in [5, 5.41) is 0. The topological polar surface area (TPSA) is 55.8 Å². The van der Waals surface area contributed by atoms with Gasteiger partial charge in [0.1, 0.15) is 5.75 Å². The molecule has 0 radical (unpaired) electrons. The number of allylic oxidation sites excluding steroid dienone is 1. The summed E-state index contributed by atoms with van der Waals surface area (Å²) in [6, 6.07) is 17.1. The number of fused-ring (bicyclic) bond motifs is 1. The predicted molar refractivity (Wildman–Crippen MR) is 104 cm³/mol. The Bertz CT molecular complexity index is 871. The highest BCUT2D eigenvalue weighted by Gasteiger charge is 2.38. The number of esters is 1. The first-order valence-electron chi connectivity index (χ1n) is 8.81. The summed E-state index contributed by atoms with van der Waals surface area (Å²) < 4.78 is 10.4. The normalized spacial score (nSPS) is 16.1. The van der Waals surface area contributed by atoms with E-state index in [1.54, 1.807) is 18.2 Å². The van der Waals surface area contributed by atoms with E-state index in [9.17, 15) is 9.59 Å². The zero-order valence-electron chi connectivity index (χ0n) is 15.8. The molecule has 5 heteroatoms. The maximum atomic E-state index is 12.3. The number of rotatable bonds is 6. The maximum Gasteiger partial charge on any atom is 0.344 e. The number of nitrogens with zero attached hydrogens (tertiary/aromatic N) is 1. The average molecular weight is 365 g/mol. The third-order valence-electron chi connectivity index (χ3n) is 4.71. The highest BCUT2D eigenvalue weighted by atomic mass is 16.6. The Labute approximate surface area is 159 Å². The fourth-order valence-electron chi connectivity index (χ4n) is 3.31. The van der Waals surface area contributed by atoms with Crippen molar-refractivity contribution in [3.8, 4) is 5.75 Å². The van der Waals surface area contributed by atoms with Crippen molar-refractivity contribution in [2.75, 3.05) is 25.2 Å². The van der Waals surface area contributed by atoms with E-state index in [4.69, 9.17) is 9.47 Å². The van der Waals surface area contributed by atoms with Gasteiger partial charge in [-0.15, -0.1) is 0 Å². The van der Waals surface area contributed by atoms with Crippen LogP contribution in [0.3, 0.4) is 0 Å². The van der Waals surface area contributed by atoms with Gasteiger partial charge in [0.25, 0.3) is 0 Å². The Morgan fingerprint density at radius 1 is 1.00 bits per heavy atom. The number of carbonyl (C=O) groups is 2. The minimum Gasteiger partial charge on any atom is -0.482 e. The van der Waals surface area contributed by atoms with Crippen LogP contribution < -0.4 is 9.64 Å². The lowest BCUT2D eigenvalue weighted by atomic mass is 9.83. The molecule has 5 nitrogen and oxygen atoms in total. The van der Waals surface area contributed by atoms with Gasteiger partial charge in [0.2, 0.25) is 0 Å². The minimum atomic E-state index is -0.576. The number of ether oxygens (including phenoxy) is 2. The van der Waals surface area contributed by atoms with Crippen LogP contribution in [0, 0.1) is 0 Å². The summed E-state index contributed by atoms with van der Waals surface area (Å²) in [6.45, 7) is 3.62. The van der Waals surface area contributed by atoms with Crippen molar-refractivity contribution in [2.24, 2.45) is 0 Å². The summed E-state index contributed by atoms with van der Waals surface area (Å²) in [5.41, 5.74) is 2.83. The number of para-hydroxylation sites is 2. The minimum absolute atomic E-state index is 0.231. The van der Waals surface area contributed by atoms with E-state index in [1.807, 2.05) is 48.3 Å². The number of carbonyl (C=O) groups excluding carboxylic acids is 2. The first-order valence-corrected chi connectivity index (χ1v) is 8.81. The van der Waals surface area contributed by atoms with E-state index < -0.39 is 5.97 Å². The van der Waals surface area contributed by atoms with Gasteiger partial charge in [-0.2, -0.15) is 0 Å². The molecule has 0 atom stereocenters. The van der Waals surface area contributed by atoms with E-state index in [2.05, 4.69) is 19.9 Å². The molecule has 1 heterocycles. The first kappa shape index (κ1) is 18.7. The molecule has 27 heavy (non-hydrogen) atoms. The Kier molecular flexibility index (Phi) is 5.31. The third-order valence-corrected chi connectivity index (χ3v) is 4.71. The molecule has 0 amide bonds. The lowest BCUT2D eigenvalue weighted by Crippen LogP contribution is -2.25. The summed E-state index contributed by atoms with van der Waals surface area (Å²) >= 11 is 0. The quantitative estimate of drug-likeness (QED) is 0.579. The van der Waals surface area contributed by atoms with Gasteiger partial charge in [-0.3, -0.25) is 4.79 Å². The molecule has 0 unspecified atom stereocenters. The van der Waals surface area contributed by atoms with Gasteiger partial charge in [-0.1, -0.05) is 50.2 Å². The number of ketones is 1. The zero-order chi connectivity index (χ0) is 19.4. The van der Waals surface area contributed by atoms with Gasteiger partial charge in [0, 0.05) is 29.9 Å². The largest absolute Gasteiger partial charge is 0.482 e. The van der Waals surface area contributed by atoms with E-state index in [0.717, 1.165) is 11.4 Å². The number of anilines is 1. The molecule has 0 spiro atoms. The predicted octanol–water partition coefficient (Wildman–Crippen LogP) is 3.49. The lowest BCUT2D eigenvalue weighted by molar-refractivity contribution is -0.148. The number of hydrogen-bond acceptors (Lipinski definition) is 5. The van der Waals surface area contributed by atoms with Crippen molar-refractivity contribution in [3.63, 3.8) is 0 Å². The Morgan fingerprint density at radius 3 is 2.37 bits per heavy atom. The van der Waals surface area contributed by atoms with Gasteiger partial charge in [-0.05, 0) is 23.8 Å². The molecule has 2 aromatic rings. The summed E-state index contributed by atoms with van der Waals surface area (Å²) in [4.78, 5) is 26.1. The fourth-order valence-corrected chi connectivity index (χ4v) is 3.31. The van der Waals surface area contributed by atoms with Crippen LogP contribution in [-0.4, -0.2) is 32.0 Å². The molecule has 1 aliphatic heterocycles. The van der Waals surface area contributed by atoms with E-state index >= 15 is 0 Å². The van der Waals surface area contributed by atoms with Crippen molar-refractivity contribution in [3.05, 3.63) is 71.9 Å². The first-order chi connectivity index (χ1) is 12.9. The maximum absolute atomic E-state index is 12.3. The van der Waals surface area contributed by atoms with Crippen LogP contribution in [0.2, 0.25) is 0 Å². The van der Waals surface area contributed by atoms with Crippen LogP contribution in [0.15, 0.2) is 66.4 Å². The second-order valence-electron chi connectivity index (χ2n) is 6.96. The number of likely N-dealkylation sites (N-methyl/N-ethyl adjacent to an activating group) is 1. The number of benzene rings is 2. The molecule has 0 fully saturated rings. The van der Waals surface area contributed by atoms with Crippen molar-refractivity contribution >= 4 is 17.4 Å². The van der Waals surface area contributed by atoms with Crippen LogP contribution in [0.5, 0.6) is 5.75 Å². The van der Waals surface area contributed by atoms with Crippen LogP contribution in [0.4, 0.5) is 5.69 Å². The van der Waals surface area contributed by atoms with Gasteiger partial charge in [0.05, 0.1) is 0 Å². The van der Waals surface area contributed by atoms with Crippen LogP contribution in [0.1, 0.15) is 19.4 Å². The third kappa shape index (κ3) is 4.03. The van der Waals surface area contributed by atoms with Gasteiger partial charge >= 0.3 is 5.97 Å². The molecule has 2 aromatic carbocycles. The SMILES string of the molecule is CN1C(=CC(=O)COC(=O)COc2ccccc2)C(C)(C)c2ccccc21. The lowest BCUT2D eigenvalue weighted by Gasteiger charge is -2.23. The fraction of sp³-hybridized carbons (Fsp3) is 0.273. The molecule has 0 aliphatic carbocycles. The van der Waals surface area contributed by atoms with E-state index in [1.165, 1.54) is 5.56 Å². The summed E-state index contributed by atoms with van der Waals surface area (Å²) in [7, 11) is 1.94. The van der Waals surface area contributed by atoms with E-state index in [0.29, 0.717) is 5.75 Å². The molecule has 3 rings (SSSR count). The Morgan fingerprint density at radius 2 is 1.67 bits per heavy atom. The second-order valence-corrected chi connectivity index (χ2v) is 6.96. The molecule has 1 aliphatic rings. The summed E-state index contributed by atoms with van der Waals surface area (Å²) in [5.74, 6) is -0.256. The van der Waals surface area contributed by atoms with Crippen LogP contribution >= 0.6 is 0 Å². The van der Waals surface area contributed by atoms with Gasteiger partial charge < -0.3 is 14.4 Å².